The summed E-state index contributed by atoms with van der Waals surface area (Å²) < 4.78 is 5.98. The second kappa shape index (κ2) is 8.98. The van der Waals surface area contributed by atoms with Gasteiger partial charge in [0.15, 0.2) is 11.5 Å². The molecule has 5 heteroatoms. The lowest BCUT2D eigenvalue weighted by molar-refractivity contribution is -0.131. The summed E-state index contributed by atoms with van der Waals surface area (Å²) in [5, 5.41) is -0.246. The van der Waals surface area contributed by atoms with Crippen LogP contribution in [0.3, 0.4) is 0 Å². The zero-order chi connectivity index (χ0) is 21.0. The largest absolute Gasteiger partial charge is 0.440 e. The predicted octanol–water partition coefficient (Wildman–Crippen LogP) is 6.07. The van der Waals surface area contributed by atoms with Crippen LogP contribution in [0.5, 0.6) is 0 Å². The summed E-state index contributed by atoms with van der Waals surface area (Å²) in [5.41, 5.74) is 2.78. The van der Waals surface area contributed by atoms with Gasteiger partial charge in [-0.3, -0.25) is 4.79 Å². The van der Waals surface area contributed by atoms with Crippen LogP contribution in [0.2, 0.25) is 0 Å². The molecule has 0 N–H and O–H groups in total. The van der Waals surface area contributed by atoms with Crippen LogP contribution in [0.4, 0.5) is 0 Å². The number of oxazole rings is 1. The fraction of sp³-hybridized carbons (Fsp3) is 0.231. The maximum atomic E-state index is 13.6. The summed E-state index contributed by atoms with van der Waals surface area (Å²) in [7, 11) is 0. The average Bonchev–Trinajstić information content (AvgIpc) is 3.28. The van der Waals surface area contributed by atoms with Crippen LogP contribution in [0.15, 0.2) is 94.2 Å². The van der Waals surface area contributed by atoms with Crippen LogP contribution < -0.4 is 0 Å². The van der Waals surface area contributed by atoms with E-state index in [9.17, 15) is 4.79 Å². The highest BCUT2D eigenvalue weighted by atomic mass is 32.2. The van der Waals surface area contributed by atoms with E-state index in [2.05, 4.69) is 17.1 Å². The molecule has 1 atom stereocenters. The van der Waals surface area contributed by atoms with E-state index in [-0.39, 0.29) is 17.1 Å². The van der Waals surface area contributed by atoms with E-state index in [1.54, 1.807) is 11.8 Å². The van der Waals surface area contributed by atoms with E-state index in [0.29, 0.717) is 0 Å². The van der Waals surface area contributed by atoms with Gasteiger partial charge in [0.25, 0.3) is 0 Å². The number of fused-ring (bicyclic) bond motifs is 1. The highest BCUT2D eigenvalue weighted by Crippen LogP contribution is 2.38. The summed E-state index contributed by atoms with van der Waals surface area (Å²) in [5.74, 6) is 1.23. The lowest BCUT2D eigenvalue weighted by Gasteiger charge is -2.33. The van der Waals surface area contributed by atoms with Crippen LogP contribution in [-0.4, -0.2) is 28.9 Å². The molecule has 1 fully saturated rings. The second-order valence-electron chi connectivity index (χ2n) is 7.84. The lowest BCUT2D eigenvalue weighted by Crippen LogP contribution is -2.40. The summed E-state index contributed by atoms with van der Waals surface area (Å²) in [6, 6.07) is 28.1. The monoisotopic (exact) mass is 428 g/mol. The van der Waals surface area contributed by atoms with E-state index >= 15 is 0 Å². The summed E-state index contributed by atoms with van der Waals surface area (Å²) >= 11 is 1.62. The van der Waals surface area contributed by atoms with E-state index in [4.69, 9.17) is 4.42 Å². The van der Waals surface area contributed by atoms with Crippen molar-refractivity contribution in [2.75, 3.05) is 13.1 Å². The minimum Gasteiger partial charge on any atom is -0.440 e. The van der Waals surface area contributed by atoms with Gasteiger partial charge in [0.1, 0.15) is 10.8 Å². The first kappa shape index (κ1) is 19.9. The minimum atomic E-state index is -0.246. The fourth-order valence-electron chi connectivity index (χ4n) is 4.10. The SMILES string of the molecule is O=C(C(Sc1ccccc1)c1ccccc1)N1CCC(c2nc3ccccc3o2)CC1. The third-order valence-corrected chi connectivity index (χ3v) is 7.04. The van der Waals surface area contributed by atoms with Crippen molar-refractivity contribution in [1.82, 2.24) is 9.88 Å². The zero-order valence-corrected chi connectivity index (χ0v) is 18.0. The zero-order valence-electron chi connectivity index (χ0n) is 17.2. The molecule has 156 valence electrons. The molecule has 1 amide bonds. The van der Waals surface area contributed by atoms with Gasteiger partial charge in [-0.1, -0.05) is 60.7 Å². The molecule has 1 saturated heterocycles. The van der Waals surface area contributed by atoms with Crippen LogP contribution >= 0.6 is 11.8 Å². The Labute approximate surface area is 186 Å². The molecule has 0 aliphatic carbocycles. The number of nitrogens with zero attached hydrogens (tertiary/aromatic N) is 2. The standard InChI is InChI=1S/C26H24N2O2S/c29-26(24(19-9-3-1-4-10-19)31-21-11-5-2-6-12-21)28-17-15-20(16-18-28)25-27-22-13-7-8-14-23(22)30-25/h1-14,20,24H,15-18H2. The van der Waals surface area contributed by atoms with Crippen molar-refractivity contribution < 1.29 is 9.21 Å². The Kier molecular flexibility index (Phi) is 5.76. The number of amides is 1. The van der Waals surface area contributed by atoms with Crippen molar-refractivity contribution in [2.45, 2.75) is 28.9 Å². The highest BCUT2D eigenvalue weighted by Gasteiger charge is 2.32. The minimum absolute atomic E-state index is 0.177. The first-order chi connectivity index (χ1) is 15.3. The number of likely N-dealkylation sites (tertiary alicyclic amines) is 1. The Morgan fingerprint density at radius 3 is 2.26 bits per heavy atom. The number of para-hydroxylation sites is 2. The van der Waals surface area contributed by atoms with Gasteiger partial charge in [-0.15, -0.1) is 11.8 Å². The lowest BCUT2D eigenvalue weighted by atomic mass is 9.96. The number of hydrogen-bond acceptors (Lipinski definition) is 4. The van der Waals surface area contributed by atoms with Gasteiger partial charge in [-0.05, 0) is 42.7 Å². The van der Waals surface area contributed by atoms with Gasteiger partial charge in [-0.25, -0.2) is 4.98 Å². The number of rotatable bonds is 5. The maximum absolute atomic E-state index is 13.6. The van der Waals surface area contributed by atoms with E-state index in [1.807, 2.05) is 77.7 Å². The molecule has 1 aliphatic rings. The first-order valence-corrected chi connectivity index (χ1v) is 11.6. The van der Waals surface area contributed by atoms with Gasteiger partial charge < -0.3 is 9.32 Å². The van der Waals surface area contributed by atoms with E-state index in [0.717, 1.165) is 53.4 Å². The van der Waals surface area contributed by atoms with Gasteiger partial charge in [0.2, 0.25) is 5.91 Å². The van der Waals surface area contributed by atoms with Crippen molar-refractivity contribution in [1.29, 1.82) is 0 Å². The third kappa shape index (κ3) is 4.37. The predicted molar refractivity (Wildman–Crippen MR) is 124 cm³/mol. The highest BCUT2D eigenvalue weighted by molar-refractivity contribution is 8.00. The third-order valence-electron chi connectivity index (χ3n) is 5.79. The summed E-state index contributed by atoms with van der Waals surface area (Å²) in [4.78, 5) is 21.3. The number of piperidine rings is 1. The molecule has 1 unspecified atom stereocenters. The van der Waals surface area contributed by atoms with Crippen LogP contribution in [0.1, 0.15) is 35.5 Å². The van der Waals surface area contributed by atoms with Crippen LogP contribution in [0, 0.1) is 0 Å². The molecule has 0 bridgehead atoms. The quantitative estimate of drug-likeness (QED) is 0.362. The fourth-order valence-corrected chi connectivity index (χ4v) is 5.23. The normalized spacial score (nSPS) is 15.8. The van der Waals surface area contributed by atoms with Gasteiger partial charge in [0.05, 0.1) is 0 Å². The van der Waals surface area contributed by atoms with Crippen molar-refractivity contribution in [2.24, 2.45) is 0 Å². The number of aromatic nitrogens is 1. The van der Waals surface area contributed by atoms with Crippen molar-refractivity contribution in [3.8, 4) is 0 Å². The van der Waals surface area contributed by atoms with E-state index < -0.39 is 0 Å². The molecule has 0 spiro atoms. The van der Waals surface area contributed by atoms with Crippen molar-refractivity contribution in [3.63, 3.8) is 0 Å². The Hall–Kier alpha value is -3.05. The first-order valence-electron chi connectivity index (χ1n) is 10.7. The number of carbonyl (C=O) groups excluding carboxylic acids is 1. The molecule has 4 aromatic rings. The van der Waals surface area contributed by atoms with Crippen molar-refractivity contribution >= 4 is 28.8 Å². The Bertz CT molecular complexity index is 1120. The Morgan fingerprint density at radius 1 is 0.903 bits per heavy atom. The number of hydrogen-bond donors (Lipinski definition) is 0. The molecular weight excluding hydrogens is 404 g/mol. The average molecular weight is 429 g/mol. The Balaban J connectivity index is 1.31. The number of benzene rings is 3. The maximum Gasteiger partial charge on any atom is 0.240 e. The molecule has 5 rings (SSSR count). The van der Waals surface area contributed by atoms with Crippen LogP contribution in [-0.2, 0) is 4.79 Å². The molecule has 4 nitrogen and oxygen atoms in total. The summed E-state index contributed by atoms with van der Waals surface area (Å²) in [6.07, 6.45) is 1.74. The number of thioether (sulfide) groups is 1. The molecule has 1 aliphatic heterocycles. The van der Waals surface area contributed by atoms with Gasteiger partial charge in [0, 0.05) is 23.9 Å². The Morgan fingerprint density at radius 2 is 1.55 bits per heavy atom. The molecule has 2 heterocycles. The molecule has 31 heavy (non-hydrogen) atoms. The molecule has 0 saturated carbocycles. The van der Waals surface area contributed by atoms with Crippen LogP contribution in [0.25, 0.3) is 11.1 Å². The van der Waals surface area contributed by atoms with Gasteiger partial charge in [-0.2, -0.15) is 0 Å². The summed E-state index contributed by atoms with van der Waals surface area (Å²) in [6.45, 7) is 1.45. The second-order valence-corrected chi connectivity index (χ2v) is 9.02. The molecule has 0 radical (unpaired) electrons. The smallest absolute Gasteiger partial charge is 0.240 e. The molecular formula is C26H24N2O2S. The van der Waals surface area contributed by atoms with Gasteiger partial charge >= 0.3 is 0 Å². The number of carbonyl (C=O) groups is 1. The van der Waals surface area contributed by atoms with E-state index in [1.165, 1.54) is 0 Å². The topological polar surface area (TPSA) is 46.3 Å². The molecule has 3 aromatic carbocycles. The molecule has 1 aromatic heterocycles. The van der Waals surface area contributed by atoms with Crippen molar-refractivity contribution in [3.05, 3.63) is 96.4 Å².